The van der Waals surface area contributed by atoms with Gasteiger partial charge in [0.1, 0.15) is 29.3 Å². The van der Waals surface area contributed by atoms with Crippen molar-refractivity contribution < 1.29 is 18.7 Å². The lowest BCUT2D eigenvalue weighted by molar-refractivity contribution is -0.139. The highest BCUT2D eigenvalue weighted by atomic mass is 19.1. The van der Waals surface area contributed by atoms with Crippen molar-refractivity contribution in [3.63, 3.8) is 0 Å². The number of esters is 1. The van der Waals surface area contributed by atoms with Gasteiger partial charge in [0.05, 0.1) is 23.7 Å². The summed E-state index contributed by atoms with van der Waals surface area (Å²) in [5, 5.41) is 18.4. The predicted molar refractivity (Wildman–Crippen MR) is 81.1 cm³/mol. The number of allylic oxidation sites excluding steroid dienone is 2. The number of halogens is 1. The normalized spacial score (nSPS) is 17.0. The van der Waals surface area contributed by atoms with Crippen molar-refractivity contribution >= 4 is 5.97 Å². The molecule has 1 atom stereocenters. The maximum atomic E-state index is 13.6. The minimum Gasteiger partial charge on any atom is -0.463 e. The van der Waals surface area contributed by atoms with Gasteiger partial charge in [-0.25, -0.2) is 9.18 Å². The minimum absolute atomic E-state index is 0.000786. The van der Waals surface area contributed by atoms with E-state index in [9.17, 15) is 14.4 Å². The van der Waals surface area contributed by atoms with E-state index in [1.807, 2.05) is 6.07 Å². The Morgan fingerprint density at radius 2 is 2.12 bits per heavy atom. The van der Waals surface area contributed by atoms with E-state index in [4.69, 9.17) is 20.5 Å². The molecule has 6 nitrogen and oxygen atoms in total. The number of hydrogen-bond donors (Lipinski definition) is 1. The summed E-state index contributed by atoms with van der Waals surface area (Å²) >= 11 is 0. The quantitative estimate of drug-likeness (QED) is 0.853. The van der Waals surface area contributed by atoms with Gasteiger partial charge in [0.15, 0.2) is 0 Å². The summed E-state index contributed by atoms with van der Waals surface area (Å²) in [5.41, 5.74) is 6.02. The Morgan fingerprint density at radius 1 is 1.42 bits per heavy atom. The van der Waals surface area contributed by atoms with Gasteiger partial charge in [-0.3, -0.25) is 0 Å². The van der Waals surface area contributed by atoms with Gasteiger partial charge < -0.3 is 15.2 Å². The SMILES string of the molecule is CCOC(=O)C1=C(C)OC(N)=C(C#N)C1c1ccc(F)c(C#N)c1. The van der Waals surface area contributed by atoms with Gasteiger partial charge >= 0.3 is 5.97 Å². The molecule has 0 bridgehead atoms. The Balaban J connectivity index is 2.67. The Bertz CT molecular complexity index is 844. The van der Waals surface area contributed by atoms with Crippen LogP contribution in [0.4, 0.5) is 4.39 Å². The van der Waals surface area contributed by atoms with Crippen LogP contribution in [-0.2, 0) is 14.3 Å². The zero-order valence-electron chi connectivity index (χ0n) is 13.1. The highest BCUT2D eigenvalue weighted by Gasteiger charge is 2.36. The van der Waals surface area contributed by atoms with Crippen molar-refractivity contribution in [1.82, 2.24) is 0 Å². The van der Waals surface area contributed by atoms with Crippen LogP contribution in [0.5, 0.6) is 0 Å². The molecule has 0 amide bonds. The average Bonchev–Trinajstić information content (AvgIpc) is 2.54. The predicted octanol–water partition coefficient (Wildman–Crippen LogP) is 2.34. The molecule has 0 fully saturated rings. The lowest BCUT2D eigenvalue weighted by Crippen LogP contribution is -2.25. The molecule has 0 saturated heterocycles. The number of hydrogen-bond acceptors (Lipinski definition) is 6. The molecule has 24 heavy (non-hydrogen) atoms. The number of carbonyl (C=O) groups is 1. The van der Waals surface area contributed by atoms with E-state index in [1.54, 1.807) is 13.0 Å². The van der Waals surface area contributed by atoms with Crippen LogP contribution in [-0.4, -0.2) is 12.6 Å². The van der Waals surface area contributed by atoms with Gasteiger partial charge in [-0.2, -0.15) is 10.5 Å². The summed E-state index contributed by atoms with van der Waals surface area (Å²) in [6, 6.07) is 7.42. The van der Waals surface area contributed by atoms with Crippen LogP contribution < -0.4 is 5.73 Å². The second kappa shape index (κ2) is 6.84. The minimum atomic E-state index is -0.893. The molecule has 1 heterocycles. The molecule has 1 aliphatic heterocycles. The van der Waals surface area contributed by atoms with Crippen molar-refractivity contribution in [3.8, 4) is 12.1 Å². The highest BCUT2D eigenvalue weighted by molar-refractivity contribution is 5.92. The Kier molecular flexibility index (Phi) is 4.86. The van der Waals surface area contributed by atoms with Crippen molar-refractivity contribution in [1.29, 1.82) is 10.5 Å². The molecule has 0 saturated carbocycles. The molecule has 1 aliphatic rings. The Labute approximate surface area is 138 Å². The van der Waals surface area contributed by atoms with Crippen LogP contribution in [0.3, 0.4) is 0 Å². The van der Waals surface area contributed by atoms with E-state index in [0.29, 0.717) is 5.56 Å². The molecule has 2 rings (SSSR count). The lowest BCUT2D eigenvalue weighted by Gasteiger charge is -2.26. The first-order chi connectivity index (χ1) is 11.4. The highest BCUT2D eigenvalue weighted by Crippen LogP contribution is 2.39. The third-order valence-corrected chi connectivity index (χ3v) is 3.55. The van der Waals surface area contributed by atoms with E-state index in [-0.39, 0.29) is 35.0 Å². The van der Waals surface area contributed by atoms with Gasteiger partial charge in [0.2, 0.25) is 5.88 Å². The van der Waals surface area contributed by atoms with E-state index in [2.05, 4.69) is 0 Å². The topological polar surface area (TPSA) is 109 Å². The second-order valence-electron chi connectivity index (χ2n) is 4.97. The van der Waals surface area contributed by atoms with Crippen LogP contribution >= 0.6 is 0 Å². The summed E-state index contributed by atoms with van der Waals surface area (Å²) in [6.45, 7) is 3.30. The van der Waals surface area contributed by atoms with Crippen LogP contribution in [0, 0.1) is 28.5 Å². The van der Waals surface area contributed by atoms with Crippen LogP contribution in [0.15, 0.2) is 41.0 Å². The van der Waals surface area contributed by atoms with E-state index in [1.165, 1.54) is 19.1 Å². The maximum absolute atomic E-state index is 13.6. The summed E-state index contributed by atoms with van der Waals surface area (Å²) in [7, 11) is 0. The Morgan fingerprint density at radius 3 is 2.71 bits per heavy atom. The first-order valence-electron chi connectivity index (χ1n) is 7.09. The summed E-state index contributed by atoms with van der Waals surface area (Å²) in [4.78, 5) is 12.3. The van der Waals surface area contributed by atoms with Crippen molar-refractivity contribution in [2.45, 2.75) is 19.8 Å². The number of benzene rings is 1. The van der Waals surface area contributed by atoms with E-state index >= 15 is 0 Å². The molecule has 1 unspecified atom stereocenters. The van der Waals surface area contributed by atoms with Gasteiger partial charge in [0.25, 0.3) is 0 Å². The van der Waals surface area contributed by atoms with Crippen LogP contribution in [0.2, 0.25) is 0 Å². The van der Waals surface area contributed by atoms with Crippen molar-refractivity contribution in [3.05, 3.63) is 57.9 Å². The third-order valence-electron chi connectivity index (χ3n) is 3.55. The van der Waals surface area contributed by atoms with E-state index < -0.39 is 17.7 Å². The lowest BCUT2D eigenvalue weighted by atomic mass is 9.82. The molecule has 0 spiro atoms. The largest absolute Gasteiger partial charge is 0.463 e. The first-order valence-corrected chi connectivity index (χ1v) is 7.09. The smallest absolute Gasteiger partial charge is 0.338 e. The molecule has 122 valence electrons. The maximum Gasteiger partial charge on any atom is 0.338 e. The molecule has 7 heteroatoms. The summed E-state index contributed by atoms with van der Waals surface area (Å²) in [6.07, 6.45) is 0. The molecular weight excluding hydrogens is 313 g/mol. The first kappa shape index (κ1) is 17.0. The zero-order chi connectivity index (χ0) is 17.9. The fourth-order valence-electron chi connectivity index (χ4n) is 2.50. The number of nitrogens with two attached hydrogens (primary N) is 1. The molecule has 2 N–H and O–H groups in total. The molecule has 0 aliphatic carbocycles. The van der Waals surface area contributed by atoms with Gasteiger partial charge in [-0.15, -0.1) is 0 Å². The van der Waals surface area contributed by atoms with E-state index in [0.717, 1.165) is 6.07 Å². The number of nitrogens with zero attached hydrogens (tertiary/aromatic N) is 2. The van der Waals surface area contributed by atoms with Crippen LogP contribution in [0.25, 0.3) is 0 Å². The number of ether oxygens (including phenoxy) is 2. The number of carbonyl (C=O) groups excluding carboxylic acids is 1. The molecule has 0 aromatic heterocycles. The molecular formula is C17H14FN3O3. The second-order valence-corrected chi connectivity index (χ2v) is 4.97. The average molecular weight is 327 g/mol. The van der Waals surface area contributed by atoms with Crippen molar-refractivity contribution in [2.24, 2.45) is 5.73 Å². The fraction of sp³-hybridized carbons (Fsp3) is 0.235. The molecule has 1 aromatic rings. The van der Waals surface area contributed by atoms with Gasteiger partial charge in [-0.1, -0.05) is 6.07 Å². The fourth-order valence-corrected chi connectivity index (χ4v) is 2.50. The zero-order valence-corrected chi connectivity index (χ0v) is 13.1. The number of nitriles is 2. The Hall–Kier alpha value is -3.32. The molecule has 1 aromatic carbocycles. The summed E-state index contributed by atoms with van der Waals surface area (Å²) < 4.78 is 23.9. The van der Waals surface area contributed by atoms with Crippen LogP contribution in [0.1, 0.15) is 30.9 Å². The number of rotatable bonds is 3. The molecule has 0 radical (unpaired) electrons. The standard InChI is InChI=1S/C17H14FN3O3/c1-3-23-17(22)14-9(2)24-16(21)12(8-20)15(14)10-4-5-13(18)11(6-10)7-19/h4-6,15H,3,21H2,1-2H3. The van der Waals surface area contributed by atoms with Gasteiger partial charge in [0, 0.05) is 0 Å². The van der Waals surface area contributed by atoms with Crippen molar-refractivity contribution in [2.75, 3.05) is 6.61 Å². The third kappa shape index (κ3) is 2.92. The monoisotopic (exact) mass is 327 g/mol. The van der Waals surface area contributed by atoms with Gasteiger partial charge in [-0.05, 0) is 31.5 Å². The summed E-state index contributed by atoms with van der Waals surface area (Å²) in [5.74, 6) is -2.20.